The van der Waals surface area contributed by atoms with Crippen molar-refractivity contribution in [2.24, 2.45) is 34.6 Å². The Balaban J connectivity index is 1.67. The highest BCUT2D eigenvalue weighted by Gasteiger charge is 2.38. The molecule has 10 amide bonds. The van der Waals surface area contributed by atoms with E-state index in [1.54, 1.807) is 56.3 Å². The fourth-order valence-electron chi connectivity index (χ4n) is 9.64. The summed E-state index contributed by atoms with van der Waals surface area (Å²) in [6.45, 7) is 4.59. The number of carbonyl (C=O) groups excluding carboxylic acids is 11. The molecule has 4 rings (SSSR count). The van der Waals surface area contributed by atoms with Crippen LogP contribution < -0.4 is 81.8 Å². The van der Waals surface area contributed by atoms with Gasteiger partial charge in [-0.1, -0.05) is 98.8 Å². The van der Waals surface area contributed by atoms with E-state index >= 15 is 0 Å². The van der Waals surface area contributed by atoms with Gasteiger partial charge in [-0.25, -0.2) is 0 Å². The molecule has 1 aliphatic rings. The van der Waals surface area contributed by atoms with Crippen molar-refractivity contribution >= 4 is 65.0 Å². The predicted molar refractivity (Wildman–Crippen MR) is 332 cm³/mol. The van der Waals surface area contributed by atoms with Crippen LogP contribution in [0.4, 0.5) is 0 Å². The maximum atomic E-state index is 14.6. The number of aliphatic hydroxyl groups excluding tert-OH is 2. The van der Waals surface area contributed by atoms with Gasteiger partial charge in [-0.3, -0.25) is 52.7 Å². The van der Waals surface area contributed by atoms with Gasteiger partial charge in [-0.2, -0.15) is 0 Å². The number of nitrogens with one attached hydrogen (secondary N) is 10. The summed E-state index contributed by atoms with van der Waals surface area (Å²) in [5.74, 6) is -10.6. The summed E-state index contributed by atoms with van der Waals surface area (Å²) in [5.41, 5.74) is 32.4. The van der Waals surface area contributed by atoms with Gasteiger partial charge in [0.25, 0.3) is 5.91 Å². The van der Waals surface area contributed by atoms with Crippen molar-refractivity contribution < 1.29 is 67.7 Å². The molecule has 0 aliphatic carbocycles. The first-order chi connectivity index (χ1) is 42.9. The maximum absolute atomic E-state index is 14.6. The maximum Gasteiger partial charge on any atom is 0.311 e. The minimum atomic E-state index is -1.78. The lowest BCUT2D eigenvalue weighted by Gasteiger charge is -2.29. The average molecular weight is 1260 g/mol. The van der Waals surface area contributed by atoms with Crippen LogP contribution >= 0.6 is 0 Å². The average Bonchev–Trinajstić information content (AvgIpc) is 1.42. The predicted octanol–water partition coefficient (Wildman–Crippen LogP) is -4.51. The number of rotatable bonds is 26. The summed E-state index contributed by atoms with van der Waals surface area (Å²) in [5, 5.41) is 47.0. The van der Waals surface area contributed by atoms with E-state index in [0.29, 0.717) is 11.1 Å². The molecule has 0 saturated carbocycles. The zero-order valence-corrected chi connectivity index (χ0v) is 51.4. The number of ether oxygens (including phenoxy) is 1. The summed E-state index contributed by atoms with van der Waals surface area (Å²) in [7, 11) is 0. The van der Waals surface area contributed by atoms with Crippen LogP contribution in [0.15, 0.2) is 84.9 Å². The largest absolute Gasteiger partial charge is 0.452 e. The third-order valence-electron chi connectivity index (χ3n) is 14.5. The molecule has 494 valence electrons. The fourth-order valence-corrected chi connectivity index (χ4v) is 9.64. The first-order valence-corrected chi connectivity index (χ1v) is 30.2. The molecule has 1 fully saturated rings. The number of aliphatic hydroxyl groups is 2. The normalized spacial score (nSPS) is 21.8. The smallest absolute Gasteiger partial charge is 0.311 e. The molecule has 1 heterocycles. The third-order valence-corrected chi connectivity index (χ3v) is 14.5. The summed E-state index contributed by atoms with van der Waals surface area (Å²) >= 11 is 0. The molecular formula is C61H91N15O14. The molecule has 29 heteroatoms. The van der Waals surface area contributed by atoms with Crippen LogP contribution in [0.2, 0.25) is 0 Å². The number of nitrogens with two attached hydrogens (primary N) is 5. The van der Waals surface area contributed by atoms with Gasteiger partial charge in [0.05, 0.1) is 18.6 Å². The Kier molecular flexibility index (Phi) is 31.4. The highest BCUT2D eigenvalue weighted by molar-refractivity contribution is 5.99. The van der Waals surface area contributed by atoms with Gasteiger partial charge >= 0.3 is 5.97 Å². The summed E-state index contributed by atoms with van der Waals surface area (Å²) in [6, 6.07) is 11.4. The van der Waals surface area contributed by atoms with Crippen molar-refractivity contribution in [1.29, 1.82) is 0 Å². The zero-order valence-electron chi connectivity index (χ0n) is 51.4. The Morgan fingerprint density at radius 3 is 1.54 bits per heavy atom. The first kappa shape index (κ1) is 74.0. The number of benzene rings is 3. The van der Waals surface area contributed by atoms with Crippen molar-refractivity contribution in [2.45, 2.75) is 158 Å². The van der Waals surface area contributed by atoms with Crippen LogP contribution in [-0.4, -0.2) is 187 Å². The van der Waals surface area contributed by atoms with Crippen LogP contribution in [0.3, 0.4) is 0 Å². The molecule has 3 aromatic carbocycles. The molecule has 0 aromatic heterocycles. The SMILES string of the molecule is CC(C)C[C@@H]1NC(=O)[C@@H](Cc2ccccc2)NC(=O)[C@H](CCN)NC(=O)[C@@H](NC(=O)[C@H](CCN)NC(=O)[C@@H](NC(=O)[C@H](CCN)OC(=O)Cc2ccc(-c3ccccc3)cc2)C(C)O)CCNC(=O)[C@H]([C@H](C)O)NC(=O)[C@H](CCN)NC(=O)[C@H](CCN)NC1=O. The Hall–Kier alpha value is -8.45. The van der Waals surface area contributed by atoms with Gasteiger partial charge in [0.15, 0.2) is 6.10 Å². The van der Waals surface area contributed by atoms with Crippen LogP contribution in [0.25, 0.3) is 11.1 Å². The van der Waals surface area contributed by atoms with E-state index in [-0.39, 0.29) is 90.0 Å². The molecule has 1 unspecified atom stereocenters. The van der Waals surface area contributed by atoms with Crippen molar-refractivity contribution in [2.75, 3.05) is 39.3 Å². The van der Waals surface area contributed by atoms with E-state index < -0.39 is 151 Å². The second-order valence-corrected chi connectivity index (χ2v) is 22.4. The van der Waals surface area contributed by atoms with Gasteiger partial charge in [-0.15, -0.1) is 0 Å². The quantitative estimate of drug-likeness (QED) is 0.0337. The number of carbonyl (C=O) groups is 11. The number of hydrogen-bond acceptors (Lipinski definition) is 19. The second-order valence-electron chi connectivity index (χ2n) is 22.4. The third kappa shape index (κ3) is 24.2. The summed E-state index contributed by atoms with van der Waals surface area (Å²) in [6.07, 6.45) is -6.58. The Morgan fingerprint density at radius 1 is 0.533 bits per heavy atom. The second kappa shape index (κ2) is 38.2. The van der Waals surface area contributed by atoms with Crippen LogP contribution in [0.5, 0.6) is 0 Å². The Labute approximate surface area is 523 Å². The standard InChI is InChI=1S/C61H91N15O14/c1-34(2)31-46-57(85)70-41(19-25-62)52(80)69-44(22-28-65)56(84)75-50(35(3)77)60(88)67-30-24-45(55(83)68-42(20-26-63)54(82)74-47(58(86)73-46)32-37-11-7-5-8-12-37)71-53(81)43(21-27-64)72-61(89)51(36(4)78)76-59(87)48(23-29-66)90-49(79)33-38-15-17-40(18-16-38)39-13-9-6-10-14-39/h5-18,34-36,41-48,50-51,77-78H,19-33,62-66H2,1-4H3,(H,67,88)(H,68,83)(H,69,80)(H,70,85)(H,71,81)(H,72,89)(H,73,86)(H,74,82)(H,75,84)(H,76,87)/t35-,36?,41-,42-,43-,44-,45-,46-,47+,48-,50-,51-/m0/s1. The van der Waals surface area contributed by atoms with E-state index in [1.165, 1.54) is 13.8 Å². The lowest BCUT2D eigenvalue weighted by molar-refractivity contribution is -0.156. The van der Waals surface area contributed by atoms with E-state index in [4.69, 9.17) is 33.4 Å². The van der Waals surface area contributed by atoms with E-state index in [2.05, 4.69) is 53.2 Å². The van der Waals surface area contributed by atoms with Crippen LogP contribution in [-0.2, 0) is 70.3 Å². The molecule has 1 saturated heterocycles. The lowest BCUT2D eigenvalue weighted by atomic mass is 10.00. The molecular weight excluding hydrogens is 1170 g/mol. The molecule has 90 heavy (non-hydrogen) atoms. The Bertz CT molecular complexity index is 2850. The topological polar surface area (TPSA) is 488 Å². The first-order valence-electron chi connectivity index (χ1n) is 30.2. The van der Waals surface area contributed by atoms with Gasteiger partial charge in [0.1, 0.15) is 54.4 Å². The number of esters is 1. The fraction of sp³-hybridized carbons (Fsp3) is 0.525. The highest BCUT2D eigenvalue weighted by atomic mass is 16.5. The van der Waals surface area contributed by atoms with Crippen LogP contribution in [0.1, 0.15) is 83.8 Å². The molecule has 0 bridgehead atoms. The molecule has 1 aliphatic heterocycles. The van der Waals surface area contributed by atoms with E-state index in [0.717, 1.165) is 11.1 Å². The molecule has 29 nitrogen and oxygen atoms in total. The molecule has 22 N–H and O–H groups in total. The monoisotopic (exact) mass is 1260 g/mol. The van der Waals surface area contributed by atoms with Gasteiger partial charge in [-0.05, 0) is 113 Å². The summed E-state index contributed by atoms with van der Waals surface area (Å²) in [4.78, 5) is 155. The van der Waals surface area contributed by atoms with Crippen molar-refractivity contribution in [3.8, 4) is 11.1 Å². The van der Waals surface area contributed by atoms with Crippen molar-refractivity contribution in [3.05, 3.63) is 96.1 Å². The van der Waals surface area contributed by atoms with Gasteiger partial charge in [0, 0.05) is 19.4 Å². The van der Waals surface area contributed by atoms with Gasteiger partial charge in [0.2, 0.25) is 53.2 Å². The lowest BCUT2D eigenvalue weighted by Crippen LogP contribution is -2.61. The molecule has 0 radical (unpaired) electrons. The van der Waals surface area contributed by atoms with Crippen molar-refractivity contribution in [1.82, 2.24) is 53.2 Å². The van der Waals surface area contributed by atoms with E-state index in [9.17, 15) is 63.0 Å². The highest BCUT2D eigenvalue weighted by Crippen LogP contribution is 2.20. The summed E-state index contributed by atoms with van der Waals surface area (Å²) < 4.78 is 5.53. The zero-order chi connectivity index (χ0) is 66.5. The Morgan fingerprint density at radius 2 is 1.02 bits per heavy atom. The number of amides is 10. The van der Waals surface area contributed by atoms with Crippen molar-refractivity contribution in [3.63, 3.8) is 0 Å². The molecule has 12 atom stereocenters. The molecule has 0 spiro atoms. The molecule has 3 aromatic rings. The number of hydrogen-bond donors (Lipinski definition) is 17. The van der Waals surface area contributed by atoms with E-state index in [1.807, 2.05) is 42.5 Å². The van der Waals surface area contributed by atoms with Gasteiger partial charge < -0.3 is 96.8 Å². The minimum absolute atomic E-state index is 0.0373. The van der Waals surface area contributed by atoms with Crippen LogP contribution in [0, 0.1) is 5.92 Å². The minimum Gasteiger partial charge on any atom is -0.452 e.